The van der Waals surface area contributed by atoms with E-state index in [0.717, 1.165) is 17.2 Å². The molecule has 2 heterocycles. The van der Waals surface area contributed by atoms with Crippen LogP contribution in [-0.2, 0) is 14.3 Å². The maximum absolute atomic E-state index is 13.6. The van der Waals surface area contributed by atoms with Gasteiger partial charge in [-0.05, 0) is 51.8 Å². The van der Waals surface area contributed by atoms with Gasteiger partial charge in [-0.1, -0.05) is 34.8 Å². The first-order valence-electron chi connectivity index (χ1n) is 12.0. The summed E-state index contributed by atoms with van der Waals surface area (Å²) < 4.78 is 24.3. The Hall–Kier alpha value is -3.19. The van der Waals surface area contributed by atoms with Crippen molar-refractivity contribution in [3.8, 4) is 5.75 Å². The number of benzene rings is 1. The molecule has 0 aliphatic carbocycles. The zero-order chi connectivity index (χ0) is 29.8. The van der Waals surface area contributed by atoms with Crippen LogP contribution in [-0.4, -0.2) is 69.5 Å². The van der Waals surface area contributed by atoms with E-state index in [1.807, 2.05) is 0 Å². The Kier molecular flexibility index (Phi) is 10.2. The van der Waals surface area contributed by atoms with E-state index >= 15 is 0 Å². The van der Waals surface area contributed by atoms with Gasteiger partial charge in [0.2, 0.25) is 0 Å². The second-order valence-electron chi connectivity index (χ2n) is 9.86. The summed E-state index contributed by atoms with van der Waals surface area (Å²) >= 11 is 17.4. The van der Waals surface area contributed by atoms with Crippen molar-refractivity contribution in [3.05, 3.63) is 57.0 Å². The maximum Gasteiger partial charge on any atom is 0.411 e. The molecule has 0 unspecified atom stereocenters. The summed E-state index contributed by atoms with van der Waals surface area (Å²) in [4.78, 5) is 56.4. The van der Waals surface area contributed by atoms with Gasteiger partial charge >= 0.3 is 6.09 Å². The first-order chi connectivity index (χ1) is 18.7. The number of ether oxygens (including phenoxy) is 2. The highest BCUT2D eigenvalue weighted by Crippen LogP contribution is 2.25. The van der Waals surface area contributed by atoms with E-state index < -0.39 is 53.9 Å². The van der Waals surface area contributed by atoms with Crippen molar-refractivity contribution < 1.29 is 33.0 Å². The number of nitrogens with two attached hydrogens (primary N) is 1. The lowest BCUT2D eigenvalue weighted by Crippen LogP contribution is -2.61. The van der Waals surface area contributed by atoms with Crippen LogP contribution >= 0.6 is 34.8 Å². The molecule has 4 amide bonds. The molecule has 1 aromatic heterocycles. The van der Waals surface area contributed by atoms with Gasteiger partial charge in [0.1, 0.15) is 17.4 Å². The third-order valence-corrected chi connectivity index (χ3v) is 6.64. The van der Waals surface area contributed by atoms with Crippen molar-refractivity contribution in [2.45, 2.75) is 51.3 Å². The molecule has 3 N–H and O–H groups in total. The Morgan fingerprint density at radius 1 is 1.15 bits per heavy atom. The highest BCUT2D eigenvalue weighted by atomic mass is 35.5. The van der Waals surface area contributed by atoms with Gasteiger partial charge in [-0.15, -0.1) is 0 Å². The van der Waals surface area contributed by atoms with Crippen molar-refractivity contribution >= 4 is 58.6 Å². The van der Waals surface area contributed by atoms with Crippen LogP contribution in [0.4, 0.5) is 9.18 Å². The minimum absolute atomic E-state index is 0.00332. The van der Waals surface area contributed by atoms with Crippen molar-refractivity contribution in [2.24, 2.45) is 5.84 Å². The molecule has 1 aliphatic heterocycles. The summed E-state index contributed by atoms with van der Waals surface area (Å²) in [6.07, 6.45) is 0.642. The van der Waals surface area contributed by atoms with Crippen molar-refractivity contribution in [1.82, 2.24) is 20.2 Å². The zero-order valence-corrected chi connectivity index (χ0v) is 24.0. The lowest BCUT2D eigenvalue weighted by atomic mass is 9.97. The molecule has 0 spiro atoms. The number of halogens is 4. The Bertz CT molecular complexity index is 1310. The molecule has 216 valence electrons. The molecule has 15 heteroatoms. The molecule has 11 nitrogen and oxygen atoms in total. The van der Waals surface area contributed by atoms with E-state index in [9.17, 15) is 23.6 Å². The number of hydrogen-bond acceptors (Lipinski definition) is 8. The number of nitrogens with one attached hydrogen (secondary N) is 1. The second-order valence-corrected chi connectivity index (χ2v) is 11.0. The van der Waals surface area contributed by atoms with Gasteiger partial charge in [0, 0.05) is 24.2 Å². The number of hydrazine groups is 1. The molecule has 1 fully saturated rings. The third kappa shape index (κ3) is 8.17. The zero-order valence-electron chi connectivity index (χ0n) is 21.8. The minimum Gasteiger partial charge on any atom is -0.482 e. The summed E-state index contributed by atoms with van der Waals surface area (Å²) in [5.41, 5.74) is -0.875. The van der Waals surface area contributed by atoms with Crippen LogP contribution in [0.3, 0.4) is 0 Å². The van der Waals surface area contributed by atoms with Crippen molar-refractivity contribution in [2.75, 3.05) is 13.2 Å². The Balaban J connectivity index is 1.70. The average Bonchev–Trinajstić information content (AvgIpc) is 2.88. The summed E-state index contributed by atoms with van der Waals surface area (Å²) in [6, 6.07) is 3.26. The topological polar surface area (TPSA) is 144 Å². The first-order valence-corrected chi connectivity index (χ1v) is 13.1. The molecule has 3 rings (SSSR count). The summed E-state index contributed by atoms with van der Waals surface area (Å²) in [6.45, 7) is 4.37. The van der Waals surface area contributed by atoms with E-state index in [1.165, 1.54) is 18.2 Å². The highest BCUT2D eigenvalue weighted by Gasteiger charge is 2.41. The highest BCUT2D eigenvalue weighted by molar-refractivity contribution is 6.42. The number of piperidine rings is 1. The van der Waals surface area contributed by atoms with Gasteiger partial charge in [0.25, 0.3) is 17.7 Å². The van der Waals surface area contributed by atoms with Gasteiger partial charge in [-0.25, -0.2) is 25.0 Å². The van der Waals surface area contributed by atoms with Gasteiger partial charge in [0.15, 0.2) is 17.6 Å². The SMILES string of the molecule is CC(C)(C)OC(=O)N1C[C@@H](NC(=O)COc2cnc(Cl)c(F)c2)CC[C@@H]1C(=O)N(N)C(=O)c1ccc(Cl)c(Cl)c1. The number of rotatable bonds is 6. The van der Waals surface area contributed by atoms with Crippen LogP contribution in [0.2, 0.25) is 15.2 Å². The summed E-state index contributed by atoms with van der Waals surface area (Å²) in [7, 11) is 0. The number of pyridine rings is 1. The molecule has 0 radical (unpaired) electrons. The molecular weight excluding hydrogens is 592 g/mol. The maximum atomic E-state index is 13.6. The van der Waals surface area contributed by atoms with Crippen LogP contribution in [0.1, 0.15) is 44.0 Å². The molecule has 0 bridgehead atoms. The minimum atomic E-state index is -1.15. The fourth-order valence-electron chi connectivity index (χ4n) is 3.80. The van der Waals surface area contributed by atoms with Crippen molar-refractivity contribution in [1.29, 1.82) is 0 Å². The largest absolute Gasteiger partial charge is 0.482 e. The normalized spacial score (nSPS) is 17.1. The lowest BCUT2D eigenvalue weighted by molar-refractivity contribution is -0.136. The Labute approximate surface area is 244 Å². The fraction of sp³-hybridized carbons (Fsp3) is 0.400. The number of hydrogen-bond donors (Lipinski definition) is 2. The van der Waals surface area contributed by atoms with Gasteiger partial charge in [0.05, 0.1) is 16.2 Å². The number of likely N-dealkylation sites (tertiary alicyclic amines) is 1. The lowest BCUT2D eigenvalue weighted by Gasteiger charge is -2.40. The number of aromatic nitrogens is 1. The predicted molar refractivity (Wildman–Crippen MR) is 144 cm³/mol. The van der Waals surface area contributed by atoms with E-state index in [1.54, 1.807) is 20.8 Å². The molecule has 1 aliphatic rings. The van der Waals surface area contributed by atoms with Crippen LogP contribution in [0, 0.1) is 5.82 Å². The number of imide groups is 1. The van der Waals surface area contributed by atoms with Gasteiger partial charge in [-0.2, -0.15) is 0 Å². The number of carbonyl (C=O) groups is 4. The van der Waals surface area contributed by atoms with Crippen LogP contribution in [0.25, 0.3) is 0 Å². The number of nitrogens with zero attached hydrogens (tertiary/aromatic N) is 3. The molecule has 2 aromatic rings. The van der Waals surface area contributed by atoms with Crippen molar-refractivity contribution in [3.63, 3.8) is 0 Å². The number of carbonyl (C=O) groups excluding carboxylic acids is 4. The molecule has 2 atom stereocenters. The monoisotopic (exact) mass is 617 g/mol. The van der Waals surface area contributed by atoms with E-state index in [-0.39, 0.29) is 45.9 Å². The molecule has 0 saturated carbocycles. The quantitative estimate of drug-likeness (QED) is 0.163. The van der Waals surface area contributed by atoms with Gasteiger partial charge < -0.3 is 14.8 Å². The summed E-state index contributed by atoms with van der Waals surface area (Å²) in [5, 5.41) is 3.10. The number of amides is 4. The molecule has 1 aromatic carbocycles. The van der Waals surface area contributed by atoms with Crippen LogP contribution in [0.15, 0.2) is 30.5 Å². The van der Waals surface area contributed by atoms with Gasteiger partial charge in [-0.3, -0.25) is 19.3 Å². The molecule has 40 heavy (non-hydrogen) atoms. The standard InChI is InChI=1S/C25H27Cl3FN5O6/c1-25(2,3)40-24(38)33-11-14(32-20(35)12-39-15-9-18(29)21(28)31-10-15)5-7-19(33)23(37)34(30)22(36)13-4-6-16(26)17(27)8-13/h4,6,8-10,14,19H,5,7,11-12,30H2,1-3H3,(H,32,35)/t14-,19+/m0/s1. The van der Waals surface area contributed by atoms with E-state index in [0.29, 0.717) is 5.01 Å². The predicted octanol–water partition coefficient (Wildman–Crippen LogP) is 3.99. The van der Waals surface area contributed by atoms with Crippen LogP contribution < -0.4 is 15.9 Å². The second kappa shape index (κ2) is 13.0. The Morgan fingerprint density at radius 3 is 2.48 bits per heavy atom. The summed E-state index contributed by atoms with van der Waals surface area (Å²) in [5.74, 6) is 2.80. The molecular formula is C25H27Cl3FN5O6. The fourth-order valence-corrected chi connectivity index (χ4v) is 4.20. The first kappa shape index (κ1) is 31.3. The van der Waals surface area contributed by atoms with E-state index in [4.69, 9.17) is 50.1 Å². The Morgan fingerprint density at radius 2 is 1.85 bits per heavy atom. The van der Waals surface area contributed by atoms with Crippen LogP contribution in [0.5, 0.6) is 5.75 Å². The molecule has 1 saturated heterocycles. The smallest absolute Gasteiger partial charge is 0.411 e. The third-order valence-electron chi connectivity index (χ3n) is 5.62. The average molecular weight is 619 g/mol. The van der Waals surface area contributed by atoms with E-state index in [2.05, 4.69) is 10.3 Å².